The molecule has 0 spiro atoms. The standard InChI is InChI=1S/C16H24FN3O6/c1-4-9(5-2)7-25-16(24)19-13-10(17)6-20(15(23)18-13)14-12(22)11(21)8(3)26-14/h6,8-9,11-12,14,21-22H,4-5,7H2,1-3H3,(H,18,19,23,24)/t8-,11?,12?,14-/m1/s1. The van der Waals surface area contributed by atoms with Gasteiger partial charge in [0.25, 0.3) is 0 Å². The summed E-state index contributed by atoms with van der Waals surface area (Å²) in [5.74, 6) is -1.39. The maximum atomic E-state index is 14.2. The second kappa shape index (κ2) is 8.56. The van der Waals surface area contributed by atoms with E-state index in [-0.39, 0.29) is 12.5 Å². The Kier molecular flexibility index (Phi) is 6.68. The van der Waals surface area contributed by atoms with Gasteiger partial charge in [-0.25, -0.2) is 14.0 Å². The summed E-state index contributed by atoms with van der Waals surface area (Å²) < 4.78 is 25.2. The molecule has 2 rings (SSSR count). The van der Waals surface area contributed by atoms with Crippen LogP contribution in [0, 0.1) is 11.7 Å². The number of hydrogen-bond acceptors (Lipinski definition) is 7. The van der Waals surface area contributed by atoms with Crippen molar-refractivity contribution in [1.29, 1.82) is 0 Å². The number of ether oxygens (including phenoxy) is 2. The van der Waals surface area contributed by atoms with Crippen LogP contribution >= 0.6 is 0 Å². The number of carbonyl (C=O) groups excluding carboxylic acids is 1. The molecule has 0 radical (unpaired) electrons. The van der Waals surface area contributed by atoms with Crippen molar-refractivity contribution in [3.8, 4) is 0 Å². The van der Waals surface area contributed by atoms with Gasteiger partial charge in [-0.3, -0.25) is 9.88 Å². The fourth-order valence-corrected chi connectivity index (χ4v) is 2.62. The molecule has 9 nitrogen and oxygen atoms in total. The Morgan fingerprint density at radius 3 is 2.62 bits per heavy atom. The van der Waals surface area contributed by atoms with Crippen LogP contribution < -0.4 is 11.0 Å². The van der Waals surface area contributed by atoms with Crippen molar-refractivity contribution < 1.29 is 28.9 Å². The number of rotatable bonds is 6. The first-order valence-electron chi connectivity index (χ1n) is 8.52. The zero-order valence-electron chi connectivity index (χ0n) is 14.9. The Morgan fingerprint density at radius 1 is 1.42 bits per heavy atom. The van der Waals surface area contributed by atoms with Gasteiger partial charge in [0.15, 0.2) is 17.9 Å². The molecular weight excluding hydrogens is 349 g/mol. The van der Waals surface area contributed by atoms with E-state index < -0.39 is 48.0 Å². The van der Waals surface area contributed by atoms with E-state index in [9.17, 15) is 24.2 Å². The minimum absolute atomic E-state index is 0.176. The lowest BCUT2D eigenvalue weighted by atomic mass is 10.1. The van der Waals surface area contributed by atoms with Crippen LogP contribution in [0.2, 0.25) is 0 Å². The van der Waals surface area contributed by atoms with Crippen LogP contribution in [-0.4, -0.2) is 50.8 Å². The van der Waals surface area contributed by atoms with E-state index in [1.54, 1.807) is 0 Å². The highest BCUT2D eigenvalue weighted by Gasteiger charge is 2.42. The SMILES string of the molecule is CCC(CC)COC(=O)Nc1nc(=O)n([C@@H]2O[C@H](C)C(O)C2O)cc1F. The molecule has 146 valence electrons. The van der Waals surface area contributed by atoms with Crippen LogP contribution in [0.25, 0.3) is 0 Å². The summed E-state index contributed by atoms with van der Waals surface area (Å²) in [6.45, 7) is 5.62. The molecule has 4 atom stereocenters. The number of aliphatic hydroxyl groups is 2. The van der Waals surface area contributed by atoms with Gasteiger partial charge in [0.1, 0.15) is 12.2 Å². The minimum Gasteiger partial charge on any atom is -0.449 e. The first-order valence-corrected chi connectivity index (χ1v) is 8.52. The quantitative estimate of drug-likeness (QED) is 0.680. The van der Waals surface area contributed by atoms with E-state index in [2.05, 4.69) is 10.3 Å². The van der Waals surface area contributed by atoms with E-state index in [4.69, 9.17) is 9.47 Å². The Labute approximate surface area is 149 Å². The number of aromatic nitrogens is 2. The molecule has 26 heavy (non-hydrogen) atoms. The van der Waals surface area contributed by atoms with E-state index in [1.165, 1.54) is 6.92 Å². The number of hydrogen-bond donors (Lipinski definition) is 3. The summed E-state index contributed by atoms with van der Waals surface area (Å²) in [5.41, 5.74) is -0.952. The third-order valence-electron chi connectivity index (χ3n) is 4.48. The molecule has 0 aromatic carbocycles. The summed E-state index contributed by atoms with van der Waals surface area (Å²) >= 11 is 0. The molecule has 1 fully saturated rings. The number of carbonyl (C=O) groups is 1. The molecule has 1 aliphatic heterocycles. The van der Waals surface area contributed by atoms with Crippen molar-refractivity contribution >= 4 is 11.9 Å². The second-order valence-corrected chi connectivity index (χ2v) is 6.25. The van der Waals surface area contributed by atoms with Crippen molar-refractivity contribution in [3.63, 3.8) is 0 Å². The zero-order valence-corrected chi connectivity index (χ0v) is 14.9. The van der Waals surface area contributed by atoms with Crippen molar-refractivity contribution in [2.75, 3.05) is 11.9 Å². The zero-order chi connectivity index (χ0) is 19.4. The Balaban J connectivity index is 2.10. The highest BCUT2D eigenvalue weighted by Crippen LogP contribution is 2.28. The first kappa shape index (κ1) is 20.3. The predicted octanol–water partition coefficient (Wildman–Crippen LogP) is 1.01. The first-order chi connectivity index (χ1) is 12.3. The molecular formula is C16H24FN3O6. The number of amides is 1. The largest absolute Gasteiger partial charge is 0.449 e. The number of aliphatic hydroxyl groups excluding tert-OH is 2. The highest BCUT2D eigenvalue weighted by molar-refractivity contribution is 5.83. The molecule has 0 bridgehead atoms. The van der Waals surface area contributed by atoms with Crippen molar-refractivity contribution in [2.45, 2.75) is 58.2 Å². The average molecular weight is 373 g/mol. The summed E-state index contributed by atoms with van der Waals surface area (Å²) in [6, 6.07) is 0. The Bertz CT molecular complexity index is 693. The molecule has 1 saturated heterocycles. The number of nitrogens with one attached hydrogen (secondary N) is 1. The lowest BCUT2D eigenvalue weighted by Gasteiger charge is -2.18. The lowest BCUT2D eigenvalue weighted by Crippen LogP contribution is -2.36. The molecule has 2 heterocycles. The normalized spacial score (nSPS) is 25.5. The molecule has 10 heteroatoms. The molecule has 2 unspecified atom stereocenters. The summed E-state index contributed by atoms with van der Waals surface area (Å²) in [4.78, 5) is 27.3. The average Bonchev–Trinajstić information content (AvgIpc) is 2.86. The summed E-state index contributed by atoms with van der Waals surface area (Å²) in [6.07, 6.45) is -3.12. The monoisotopic (exact) mass is 373 g/mol. The van der Waals surface area contributed by atoms with Gasteiger partial charge < -0.3 is 19.7 Å². The van der Waals surface area contributed by atoms with Gasteiger partial charge in [0.05, 0.1) is 18.9 Å². The summed E-state index contributed by atoms with van der Waals surface area (Å²) in [5, 5.41) is 21.7. The van der Waals surface area contributed by atoms with Gasteiger partial charge in [-0.2, -0.15) is 4.98 Å². The topological polar surface area (TPSA) is 123 Å². The number of anilines is 1. The summed E-state index contributed by atoms with van der Waals surface area (Å²) in [7, 11) is 0. The number of nitrogens with zero attached hydrogens (tertiary/aromatic N) is 2. The minimum atomic E-state index is -1.41. The van der Waals surface area contributed by atoms with Crippen LogP contribution in [0.1, 0.15) is 39.8 Å². The molecule has 1 aromatic rings. The van der Waals surface area contributed by atoms with Gasteiger partial charge in [0, 0.05) is 0 Å². The van der Waals surface area contributed by atoms with Crippen LogP contribution in [0.4, 0.5) is 15.0 Å². The van der Waals surface area contributed by atoms with Gasteiger partial charge in [-0.15, -0.1) is 0 Å². The van der Waals surface area contributed by atoms with E-state index in [0.29, 0.717) is 0 Å². The maximum absolute atomic E-state index is 14.2. The second-order valence-electron chi connectivity index (χ2n) is 6.25. The smallest absolute Gasteiger partial charge is 0.412 e. The lowest BCUT2D eigenvalue weighted by molar-refractivity contribution is -0.0355. The van der Waals surface area contributed by atoms with Gasteiger partial charge >= 0.3 is 11.8 Å². The van der Waals surface area contributed by atoms with Gasteiger partial charge in [0.2, 0.25) is 0 Å². The van der Waals surface area contributed by atoms with Crippen LogP contribution in [0.3, 0.4) is 0 Å². The van der Waals surface area contributed by atoms with E-state index >= 15 is 0 Å². The van der Waals surface area contributed by atoms with Gasteiger partial charge in [-0.05, 0) is 12.8 Å². The van der Waals surface area contributed by atoms with Gasteiger partial charge in [-0.1, -0.05) is 26.7 Å². The van der Waals surface area contributed by atoms with E-state index in [0.717, 1.165) is 23.6 Å². The fraction of sp³-hybridized carbons (Fsp3) is 0.688. The highest BCUT2D eigenvalue weighted by atomic mass is 19.1. The molecule has 0 aliphatic carbocycles. The third-order valence-corrected chi connectivity index (χ3v) is 4.48. The molecule has 1 amide bonds. The van der Waals surface area contributed by atoms with Crippen molar-refractivity contribution in [1.82, 2.24) is 9.55 Å². The molecule has 0 saturated carbocycles. The maximum Gasteiger partial charge on any atom is 0.412 e. The third kappa shape index (κ3) is 4.37. The molecule has 1 aliphatic rings. The van der Waals surface area contributed by atoms with Crippen molar-refractivity contribution in [2.24, 2.45) is 5.92 Å². The van der Waals surface area contributed by atoms with Crippen LogP contribution in [0.15, 0.2) is 11.0 Å². The van der Waals surface area contributed by atoms with E-state index in [1.807, 2.05) is 13.8 Å². The Morgan fingerprint density at radius 2 is 2.08 bits per heavy atom. The van der Waals surface area contributed by atoms with Crippen molar-refractivity contribution in [3.05, 3.63) is 22.5 Å². The molecule has 1 aromatic heterocycles. The molecule has 3 N–H and O–H groups in total. The Hall–Kier alpha value is -2.04. The van der Waals surface area contributed by atoms with Crippen LogP contribution in [0.5, 0.6) is 0 Å². The van der Waals surface area contributed by atoms with Crippen LogP contribution in [-0.2, 0) is 9.47 Å². The number of halogens is 1. The predicted molar refractivity (Wildman–Crippen MR) is 89.1 cm³/mol. The fourth-order valence-electron chi connectivity index (χ4n) is 2.62.